The molecule has 8 rings (SSSR count). The van der Waals surface area contributed by atoms with Gasteiger partial charge in [-0.3, -0.25) is 0 Å². The monoisotopic (exact) mass is 550 g/mol. The minimum atomic E-state index is 0.705. The molecule has 43 heavy (non-hydrogen) atoms. The average molecular weight is 551 g/mol. The van der Waals surface area contributed by atoms with Crippen LogP contribution in [0, 0.1) is 0 Å². The summed E-state index contributed by atoms with van der Waals surface area (Å²) >= 11 is 0. The van der Waals surface area contributed by atoms with E-state index >= 15 is 0 Å². The molecule has 2 aromatic heterocycles. The van der Waals surface area contributed by atoms with Crippen LogP contribution in [0.4, 0.5) is 0 Å². The van der Waals surface area contributed by atoms with Crippen molar-refractivity contribution in [3.8, 4) is 56.2 Å². The van der Waals surface area contributed by atoms with E-state index in [1.54, 1.807) is 0 Å². The van der Waals surface area contributed by atoms with Gasteiger partial charge in [-0.05, 0) is 64.7 Å². The minimum Gasteiger partial charge on any atom is -0.456 e. The minimum absolute atomic E-state index is 0.705. The van der Waals surface area contributed by atoms with Crippen LogP contribution in [0.15, 0.2) is 162 Å². The lowest BCUT2D eigenvalue weighted by molar-refractivity contribution is 0.669. The van der Waals surface area contributed by atoms with Crippen LogP contribution in [-0.4, -0.2) is 9.97 Å². The Morgan fingerprint density at radius 3 is 1.60 bits per heavy atom. The van der Waals surface area contributed by atoms with Crippen molar-refractivity contribution in [2.24, 2.45) is 0 Å². The Hall–Kier alpha value is -5.80. The zero-order valence-corrected chi connectivity index (χ0v) is 23.3. The fraction of sp³-hybridized carbons (Fsp3) is 0. The molecule has 0 radical (unpaired) electrons. The predicted molar refractivity (Wildman–Crippen MR) is 176 cm³/mol. The SMILES string of the molecule is c1ccc(-c2cccc(-c3ccc4c(c3)oc3ccc(-c5cc(-c6ccccc6)nc(-c6ccccc6)n5)cc34)c2)cc1. The van der Waals surface area contributed by atoms with Crippen LogP contribution in [0.2, 0.25) is 0 Å². The quantitative estimate of drug-likeness (QED) is 0.214. The Balaban J connectivity index is 1.22. The first-order chi connectivity index (χ1) is 21.3. The highest BCUT2D eigenvalue weighted by molar-refractivity contribution is 6.07. The Morgan fingerprint density at radius 1 is 0.326 bits per heavy atom. The summed E-state index contributed by atoms with van der Waals surface area (Å²) in [6, 6.07) is 54.4. The second-order valence-electron chi connectivity index (χ2n) is 10.7. The maximum absolute atomic E-state index is 6.37. The molecule has 0 atom stereocenters. The fourth-order valence-electron chi connectivity index (χ4n) is 5.69. The van der Waals surface area contributed by atoms with E-state index in [9.17, 15) is 0 Å². The van der Waals surface area contributed by atoms with Crippen molar-refractivity contribution in [3.63, 3.8) is 0 Å². The maximum Gasteiger partial charge on any atom is 0.160 e. The van der Waals surface area contributed by atoms with Gasteiger partial charge in [-0.2, -0.15) is 0 Å². The van der Waals surface area contributed by atoms with Crippen molar-refractivity contribution in [1.82, 2.24) is 9.97 Å². The Bertz CT molecular complexity index is 2160. The van der Waals surface area contributed by atoms with E-state index in [0.29, 0.717) is 5.82 Å². The molecule has 202 valence electrons. The highest BCUT2D eigenvalue weighted by Gasteiger charge is 2.14. The number of rotatable bonds is 5. The van der Waals surface area contributed by atoms with E-state index in [-0.39, 0.29) is 0 Å². The van der Waals surface area contributed by atoms with E-state index in [0.717, 1.165) is 61.1 Å². The smallest absolute Gasteiger partial charge is 0.160 e. The molecule has 6 aromatic carbocycles. The molecule has 8 aromatic rings. The van der Waals surface area contributed by atoms with Crippen molar-refractivity contribution in [2.45, 2.75) is 0 Å². The van der Waals surface area contributed by atoms with Crippen molar-refractivity contribution < 1.29 is 4.42 Å². The molecule has 0 N–H and O–H groups in total. The van der Waals surface area contributed by atoms with Crippen LogP contribution in [0.3, 0.4) is 0 Å². The highest BCUT2D eigenvalue weighted by Crippen LogP contribution is 2.36. The third kappa shape index (κ3) is 4.77. The molecule has 3 nitrogen and oxygen atoms in total. The van der Waals surface area contributed by atoms with Gasteiger partial charge >= 0.3 is 0 Å². The van der Waals surface area contributed by atoms with E-state index in [4.69, 9.17) is 14.4 Å². The first-order valence-electron chi connectivity index (χ1n) is 14.4. The van der Waals surface area contributed by atoms with Gasteiger partial charge in [0.15, 0.2) is 5.82 Å². The summed E-state index contributed by atoms with van der Waals surface area (Å²) in [5, 5.41) is 2.15. The van der Waals surface area contributed by atoms with E-state index in [2.05, 4.69) is 97.1 Å². The summed E-state index contributed by atoms with van der Waals surface area (Å²) in [7, 11) is 0. The number of benzene rings is 6. The van der Waals surface area contributed by atoms with Gasteiger partial charge in [-0.15, -0.1) is 0 Å². The lowest BCUT2D eigenvalue weighted by Crippen LogP contribution is -1.95. The van der Waals surface area contributed by atoms with Crippen LogP contribution in [0.5, 0.6) is 0 Å². The Kier molecular flexibility index (Phi) is 6.12. The molecular weight excluding hydrogens is 524 g/mol. The molecule has 3 heteroatoms. The zero-order chi connectivity index (χ0) is 28.6. The standard InChI is InChI=1S/C40H26N2O/c1-4-11-27(12-5-1)30-17-10-18-31(23-30)32-19-21-34-35-24-33(20-22-38(35)43-39(34)25-32)37-26-36(28-13-6-2-7-14-28)41-40(42-37)29-15-8-3-9-16-29/h1-26H. The van der Waals surface area contributed by atoms with Gasteiger partial charge < -0.3 is 4.42 Å². The van der Waals surface area contributed by atoms with Crippen LogP contribution in [0.1, 0.15) is 0 Å². The number of aromatic nitrogens is 2. The molecule has 0 fully saturated rings. The second-order valence-corrected chi connectivity index (χ2v) is 10.7. The molecule has 0 bridgehead atoms. The molecule has 0 amide bonds. The molecule has 0 aliphatic carbocycles. The van der Waals surface area contributed by atoms with Crippen molar-refractivity contribution in [1.29, 1.82) is 0 Å². The van der Waals surface area contributed by atoms with Gasteiger partial charge in [0.05, 0.1) is 11.4 Å². The van der Waals surface area contributed by atoms with Crippen molar-refractivity contribution >= 4 is 21.9 Å². The largest absolute Gasteiger partial charge is 0.456 e. The van der Waals surface area contributed by atoms with Gasteiger partial charge in [-0.1, -0.05) is 115 Å². The van der Waals surface area contributed by atoms with Crippen LogP contribution >= 0.6 is 0 Å². The van der Waals surface area contributed by atoms with Crippen LogP contribution < -0.4 is 0 Å². The van der Waals surface area contributed by atoms with Crippen LogP contribution in [0.25, 0.3) is 78.1 Å². The summed E-state index contributed by atoms with van der Waals surface area (Å²) in [4.78, 5) is 9.95. The zero-order valence-electron chi connectivity index (χ0n) is 23.3. The first kappa shape index (κ1) is 25.0. The summed E-state index contributed by atoms with van der Waals surface area (Å²) in [6.45, 7) is 0. The van der Waals surface area contributed by atoms with Gasteiger partial charge in [0, 0.05) is 27.5 Å². The van der Waals surface area contributed by atoms with Gasteiger partial charge in [0.25, 0.3) is 0 Å². The molecule has 0 spiro atoms. The molecule has 0 saturated carbocycles. The third-order valence-corrected chi connectivity index (χ3v) is 7.90. The average Bonchev–Trinajstić information content (AvgIpc) is 3.46. The van der Waals surface area contributed by atoms with E-state index < -0.39 is 0 Å². The van der Waals surface area contributed by atoms with Crippen molar-refractivity contribution in [3.05, 3.63) is 158 Å². The number of fused-ring (bicyclic) bond motifs is 3. The van der Waals surface area contributed by atoms with Gasteiger partial charge in [-0.25, -0.2) is 9.97 Å². The highest BCUT2D eigenvalue weighted by atomic mass is 16.3. The summed E-state index contributed by atoms with van der Waals surface area (Å²) in [5.41, 5.74) is 11.2. The fourth-order valence-corrected chi connectivity index (χ4v) is 5.69. The van der Waals surface area contributed by atoms with Gasteiger partial charge in [0.2, 0.25) is 0 Å². The van der Waals surface area contributed by atoms with E-state index in [1.807, 2.05) is 60.7 Å². The lowest BCUT2D eigenvalue weighted by Gasteiger charge is -2.09. The molecular formula is C40H26N2O. The van der Waals surface area contributed by atoms with Crippen molar-refractivity contribution in [2.75, 3.05) is 0 Å². The Labute approximate surface area is 249 Å². The molecule has 2 heterocycles. The lowest BCUT2D eigenvalue weighted by atomic mass is 9.98. The predicted octanol–water partition coefficient (Wildman–Crippen LogP) is 10.7. The summed E-state index contributed by atoms with van der Waals surface area (Å²) < 4.78 is 6.37. The van der Waals surface area contributed by atoms with Crippen LogP contribution in [-0.2, 0) is 0 Å². The van der Waals surface area contributed by atoms with E-state index in [1.165, 1.54) is 11.1 Å². The number of furan rings is 1. The number of nitrogens with zero attached hydrogens (tertiary/aromatic N) is 2. The normalized spacial score (nSPS) is 11.3. The Morgan fingerprint density at radius 2 is 0.884 bits per heavy atom. The molecule has 0 unspecified atom stereocenters. The summed E-state index contributed by atoms with van der Waals surface area (Å²) in [5.74, 6) is 0.705. The van der Waals surface area contributed by atoms with Gasteiger partial charge in [0.1, 0.15) is 11.2 Å². The topological polar surface area (TPSA) is 38.9 Å². The maximum atomic E-state index is 6.37. The second kappa shape index (κ2) is 10.6. The molecule has 0 aliphatic heterocycles. The number of hydrogen-bond donors (Lipinski definition) is 0. The molecule has 0 saturated heterocycles. The molecule has 0 aliphatic rings. The first-order valence-corrected chi connectivity index (χ1v) is 14.4. The summed E-state index contributed by atoms with van der Waals surface area (Å²) in [6.07, 6.45) is 0. The third-order valence-electron chi connectivity index (χ3n) is 7.90. The number of hydrogen-bond acceptors (Lipinski definition) is 3.